The van der Waals surface area contributed by atoms with E-state index >= 15 is 0 Å². The number of phenols is 2. The molecule has 10 heavy (non-hydrogen) atoms. The molecule has 0 aromatic heterocycles. The summed E-state index contributed by atoms with van der Waals surface area (Å²) < 4.78 is 0.931. The highest BCUT2D eigenvalue weighted by atomic mass is 79.9. The molecule has 0 aliphatic carbocycles. The third kappa shape index (κ3) is 1.27. The molecule has 0 saturated carbocycles. The molecule has 2 N–H and O–H groups in total. The molecule has 4 heteroatoms. The molecule has 2 nitrogen and oxygen atoms in total. The van der Waals surface area contributed by atoms with Crippen LogP contribution in [0.25, 0.3) is 0 Å². The van der Waals surface area contributed by atoms with Crippen LogP contribution in [-0.2, 0) is 0 Å². The smallest absolute Gasteiger partial charge is 0.131 e. The van der Waals surface area contributed by atoms with Gasteiger partial charge in [-0.1, -0.05) is 0 Å². The molecular weight excluding hydrogens is 264 g/mol. The predicted molar refractivity (Wildman–Crippen MR) is 45.2 cm³/mol. The number of hydrogen-bond acceptors (Lipinski definition) is 2. The van der Waals surface area contributed by atoms with Crippen LogP contribution in [0.3, 0.4) is 0 Å². The fraction of sp³-hybridized carbons (Fsp3) is 0. The Kier molecular flexibility index (Phi) is 2.21. The predicted octanol–water partition coefficient (Wildman–Crippen LogP) is 2.62. The van der Waals surface area contributed by atoms with Gasteiger partial charge in [0.25, 0.3) is 0 Å². The van der Waals surface area contributed by atoms with Gasteiger partial charge in [-0.2, -0.15) is 0 Å². The van der Waals surface area contributed by atoms with Crippen molar-refractivity contribution in [2.24, 2.45) is 0 Å². The lowest BCUT2D eigenvalue weighted by molar-refractivity contribution is 0.454. The zero-order valence-corrected chi connectivity index (χ0v) is 7.98. The van der Waals surface area contributed by atoms with Crippen molar-refractivity contribution in [3.05, 3.63) is 21.1 Å². The van der Waals surface area contributed by atoms with Gasteiger partial charge in [-0.05, 0) is 44.0 Å². The van der Waals surface area contributed by atoms with E-state index in [0.717, 1.165) is 0 Å². The Bertz CT molecular complexity index is 233. The molecule has 1 aromatic rings. The van der Waals surface area contributed by atoms with Crippen LogP contribution in [0.1, 0.15) is 0 Å². The first kappa shape index (κ1) is 7.88. The van der Waals surface area contributed by atoms with Gasteiger partial charge in [-0.15, -0.1) is 0 Å². The van der Waals surface area contributed by atoms with Gasteiger partial charge in [0.2, 0.25) is 0 Å². The summed E-state index contributed by atoms with van der Waals surface area (Å²) in [5.74, 6) is 0.203. The minimum absolute atomic E-state index is 0.102. The van der Waals surface area contributed by atoms with E-state index in [1.807, 2.05) is 0 Å². The molecule has 0 amide bonds. The molecule has 0 unspecified atom stereocenters. The van der Waals surface area contributed by atoms with Gasteiger partial charge in [0.05, 0.1) is 8.95 Å². The van der Waals surface area contributed by atoms with Crippen LogP contribution in [0.4, 0.5) is 0 Å². The second-order valence-corrected chi connectivity index (χ2v) is 3.32. The first-order chi connectivity index (χ1) is 4.63. The Labute approximate surface area is 74.8 Å². The first-order valence-corrected chi connectivity index (χ1v) is 4.07. The summed E-state index contributed by atoms with van der Waals surface area (Å²) in [6, 6.07) is 2.81. The molecule has 0 fully saturated rings. The number of rotatable bonds is 0. The maximum atomic E-state index is 9.04. The lowest BCUT2D eigenvalue weighted by Crippen LogP contribution is -1.72. The van der Waals surface area contributed by atoms with Gasteiger partial charge < -0.3 is 10.2 Å². The molecule has 54 valence electrons. The van der Waals surface area contributed by atoms with Crippen molar-refractivity contribution in [2.75, 3.05) is 0 Å². The quantitative estimate of drug-likeness (QED) is 0.710. The summed E-state index contributed by atoms with van der Waals surface area (Å²) >= 11 is 6.15. The van der Waals surface area contributed by atoms with E-state index in [9.17, 15) is 0 Å². The Morgan fingerprint density at radius 3 is 1.50 bits per heavy atom. The van der Waals surface area contributed by atoms with Crippen LogP contribution in [-0.4, -0.2) is 10.2 Å². The first-order valence-electron chi connectivity index (χ1n) is 2.49. The second kappa shape index (κ2) is 2.80. The van der Waals surface area contributed by atoms with E-state index in [4.69, 9.17) is 10.2 Å². The van der Waals surface area contributed by atoms with E-state index in [1.165, 1.54) is 12.1 Å². The van der Waals surface area contributed by atoms with Crippen molar-refractivity contribution in [1.82, 2.24) is 0 Å². The summed E-state index contributed by atoms with van der Waals surface area (Å²) in [5, 5.41) is 18.1. The zero-order chi connectivity index (χ0) is 7.72. The molecule has 0 heterocycles. The molecule has 0 spiro atoms. The van der Waals surface area contributed by atoms with Crippen molar-refractivity contribution in [2.45, 2.75) is 0 Å². The van der Waals surface area contributed by atoms with Crippen LogP contribution >= 0.6 is 31.9 Å². The van der Waals surface area contributed by atoms with Gasteiger partial charge in [0.15, 0.2) is 0 Å². The molecule has 0 aliphatic rings. The van der Waals surface area contributed by atoms with Crippen molar-refractivity contribution in [3.8, 4) is 11.5 Å². The summed E-state index contributed by atoms with van der Waals surface area (Å²) in [6.45, 7) is 0. The summed E-state index contributed by atoms with van der Waals surface area (Å²) in [5.41, 5.74) is 0. The van der Waals surface area contributed by atoms with Crippen LogP contribution < -0.4 is 0 Å². The Hall–Kier alpha value is -0.220. The van der Waals surface area contributed by atoms with Gasteiger partial charge in [0, 0.05) is 0 Å². The Morgan fingerprint density at radius 2 is 1.20 bits per heavy atom. The van der Waals surface area contributed by atoms with Gasteiger partial charge in [0.1, 0.15) is 11.5 Å². The van der Waals surface area contributed by atoms with E-state index in [1.54, 1.807) is 0 Å². The van der Waals surface area contributed by atoms with Crippen molar-refractivity contribution >= 4 is 31.9 Å². The topological polar surface area (TPSA) is 40.5 Å². The Morgan fingerprint density at radius 1 is 0.900 bits per heavy atom. The number of benzene rings is 1. The maximum absolute atomic E-state index is 9.04. The zero-order valence-electron chi connectivity index (χ0n) is 4.81. The van der Waals surface area contributed by atoms with Gasteiger partial charge in [-0.25, -0.2) is 0 Å². The van der Waals surface area contributed by atoms with Crippen molar-refractivity contribution in [1.29, 1.82) is 0 Å². The molecular formula is C6H4Br2O2. The average Bonchev–Trinajstić information content (AvgIpc) is 1.93. The largest absolute Gasteiger partial charge is 0.507 e. The lowest BCUT2D eigenvalue weighted by Gasteiger charge is -2.00. The molecule has 0 aliphatic heterocycles. The summed E-state index contributed by atoms with van der Waals surface area (Å²) in [6.07, 6.45) is 0. The summed E-state index contributed by atoms with van der Waals surface area (Å²) in [4.78, 5) is 0. The van der Waals surface area contributed by atoms with Crippen LogP contribution in [0.5, 0.6) is 11.5 Å². The van der Waals surface area contributed by atoms with Gasteiger partial charge in [-0.3, -0.25) is 0 Å². The lowest BCUT2D eigenvalue weighted by atomic mass is 10.3. The number of phenolic OH excluding ortho intramolecular Hbond substituents is 2. The molecule has 0 radical (unpaired) electrons. The Balaban J connectivity index is 3.34. The fourth-order valence-corrected chi connectivity index (χ4v) is 1.20. The van der Waals surface area contributed by atoms with Gasteiger partial charge >= 0.3 is 0 Å². The third-order valence-corrected chi connectivity index (χ3v) is 3.18. The monoisotopic (exact) mass is 266 g/mol. The molecule has 1 rings (SSSR count). The van der Waals surface area contributed by atoms with Crippen molar-refractivity contribution < 1.29 is 10.2 Å². The van der Waals surface area contributed by atoms with Crippen LogP contribution in [0, 0.1) is 0 Å². The highest BCUT2D eigenvalue weighted by Crippen LogP contribution is 2.37. The SMILES string of the molecule is Oc1ccc(O)c(Br)c1Br. The van der Waals surface area contributed by atoms with E-state index in [2.05, 4.69) is 31.9 Å². The molecule has 1 aromatic carbocycles. The minimum Gasteiger partial charge on any atom is -0.507 e. The highest BCUT2D eigenvalue weighted by molar-refractivity contribution is 9.13. The number of hydrogen-bond donors (Lipinski definition) is 2. The highest BCUT2D eigenvalue weighted by Gasteiger charge is 2.05. The summed E-state index contributed by atoms with van der Waals surface area (Å²) in [7, 11) is 0. The minimum atomic E-state index is 0.102. The van der Waals surface area contributed by atoms with Crippen molar-refractivity contribution in [3.63, 3.8) is 0 Å². The normalized spacial score (nSPS) is 9.80. The van der Waals surface area contributed by atoms with Crippen LogP contribution in [0.2, 0.25) is 0 Å². The number of halogens is 2. The average molecular weight is 268 g/mol. The van der Waals surface area contributed by atoms with E-state index < -0.39 is 0 Å². The molecule has 0 saturated heterocycles. The number of aromatic hydroxyl groups is 2. The van der Waals surface area contributed by atoms with Crippen LogP contribution in [0.15, 0.2) is 21.1 Å². The third-order valence-electron chi connectivity index (χ3n) is 1.04. The molecule has 0 atom stereocenters. The standard InChI is InChI=1S/C6H4Br2O2/c7-5-3(9)1-2-4(10)6(5)8/h1-2,9-10H. The molecule has 0 bridgehead atoms. The van der Waals surface area contributed by atoms with E-state index in [-0.39, 0.29) is 11.5 Å². The van der Waals surface area contributed by atoms with E-state index in [0.29, 0.717) is 8.95 Å². The second-order valence-electron chi connectivity index (χ2n) is 1.73. The fourth-order valence-electron chi connectivity index (χ4n) is 0.529. The maximum Gasteiger partial charge on any atom is 0.131 e.